The summed E-state index contributed by atoms with van der Waals surface area (Å²) in [4.78, 5) is 0. The quantitative estimate of drug-likeness (QED) is 0.304. The van der Waals surface area contributed by atoms with Gasteiger partial charge in [-0.25, -0.2) is 13.2 Å². The zero-order chi connectivity index (χ0) is 29.0. The normalized spacial score (nSPS) is 14.9. The maximum atomic E-state index is 12.0. The molecule has 0 aliphatic heterocycles. The molecule has 0 aromatic carbocycles. The van der Waals surface area contributed by atoms with Gasteiger partial charge in [0, 0.05) is 22.9 Å². The van der Waals surface area contributed by atoms with E-state index in [9.17, 15) is 13.2 Å². The highest BCUT2D eigenvalue weighted by Gasteiger charge is 2.24. The van der Waals surface area contributed by atoms with Crippen LogP contribution in [0.3, 0.4) is 0 Å². The van der Waals surface area contributed by atoms with Crippen LogP contribution in [0.1, 0.15) is 139 Å². The van der Waals surface area contributed by atoms with Crippen LogP contribution < -0.4 is 0 Å². The SMILES string of the molecule is C.CC(C)C1CC1.CC(C)CC(C)(F)F.CC(C)CC(C)F.COCCC(C)C.[2H]C([2H])(C)C(C)C. The molecule has 214 valence electrons. The van der Waals surface area contributed by atoms with Gasteiger partial charge in [0.1, 0.15) is 0 Å². The second-order valence-electron chi connectivity index (χ2n) is 11.3. The average Bonchev–Trinajstić information content (AvgIpc) is 3.43. The molecule has 1 atom stereocenters. The Morgan fingerprint density at radius 3 is 1.29 bits per heavy atom. The second kappa shape index (κ2) is 27.3. The van der Waals surface area contributed by atoms with Crippen LogP contribution in [0.2, 0.25) is 0 Å². The lowest BCUT2D eigenvalue weighted by Gasteiger charge is -2.11. The second-order valence-corrected chi connectivity index (χ2v) is 11.3. The summed E-state index contributed by atoms with van der Waals surface area (Å²) >= 11 is 0. The molecule has 0 N–H and O–H groups in total. The molecule has 0 aromatic heterocycles. The molecular weight excluding hydrogens is 433 g/mol. The average molecular weight is 503 g/mol. The highest BCUT2D eigenvalue weighted by molar-refractivity contribution is 4.75. The highest BCUT2D eigenvalue weighted by atomic mass is 19.3. The van der Waals surface area contributed by atoms with E-state index < -0.39 is 18.5 Å². The molecule has 34 heavy (non-hydrogen) atoms. The third kappa shape index (κ3) is 63.5. The predicted molar refractivity (Wildman–Crippen MR) is 151 cm³/mol. The van der Waals surface area contributed by atoms with Crippen molar-refractivity contribution in [2.45, 2.75) is 148 Å². The van der Waals surface area contributed by atoms with Crippen LogP contribution in [0, 0.1) is 35.5 Å². The molecule has 0 heterocycles. The Morgan fingerprint density at radius 2 is 1.26 bits per heavy atom. The molecule has 0 bridgehead atoms. The third-order valence-electron chi connectivity index (χ3n) is 4.60. The number of hydrogen-bond donors (Lipinski definition) is 0. The van der Waals surface area contributed by atoms with Gasteiger partial charge < -0.3 is 4.74 Å². The minimum absolute atomic E-state index is 0. The molecule has 0 aromatic rings. The predicted octanol–water partition coefficient (Wildman–Crippen LogP) is 11.5. The topological polar surface area (TPSA) is 9.23 Å². The summed E-state index contributed by atoms with van der Waals surface area (Å²) < 4.78 is 54.9. The van der Waals surface area contributed by atoms with E-state index in [2.05, 4.69) is 27.7 Å². The lowest BCUT2D eigenvalue weighted by molar-refractivity contribution is 0.000974. The fourth-order valence-corrected chi connectivity index (χ4v) is 2.48. The Kier molecular flexibility index (Phi) is 30.8. The number of alkyl halides is 3. The van der Waals surface area contributed by atoms with E-state index in [1.807, 2.05) is 27.7 Å². The fourth-order valence-electron chi connectivity index (χ4n) is 2.48. The molecule has 0 saturated heterocycles. The first-order valence-corrected chi connectivity index (χ1v) is 13.1. The molecule has 0 spiro atoms. The van der Waals surface area contributed by atoms with Crippen molar-refractivity contribution in [3.63, 3.8) is 0 Å². The van der Waals surface area contributed by atoms with Gasteiger partial charge >= 0.3 is 0 Å². The first-order valence-electron chi connectivity index (χ1n) is 14.1. The summed E-state index contributed by atoms with van der Waals surface area (Å²) in [5.41, 5.74) is 0. The van der Waals surface area contributed by atoms with Crippen LogP contribution >= 0.6 is 0 Å². The number of halogens is 3. The number of rotatable bonds is 9. The molecule has 4 heteroatoms. The van der Waals surface area contributed by atoms with Gasteiger partial charge in [-0.2, -0.15) is 0 Å². The molecule has 1 saturated carbocycles. The van der Waals surface area contributed by atoms with Crippen LogP contribution in [0.15, 0.2) is 0 Å². The van der Waals surface area contributed by atoms with Crippen LogP contribution in [-0.2, 0) is 4.74 Å². The van der Waals surface area contributed by atoms with Crippen molar-refractivity contribution in [1.82, 2.24) is 0 Å². The largest absolute Gasteiger partial charge is 0.385 e. The van der Waals surface area contributed by atoms with E-state index in [0.717, 1.165) is 31.3 Å². The van der Waals surface area contributed by atoms with E-state index in [-0.39, 0.29) is 25.7 Å². The van der Waals surface area contributed by atoms with Crippen molar-refractivity contribution in [3.05, 3.63) is 0 Å². The maximum Gasteiger partial charge on any atom is 0.245 e. The maximum absolute atomic E-state index is 12.0. The molecular formula is C30H67F3O. The minimum atomic E-state index is -2.48. The Hall–Kier alpha value is -0.250. The summed E-state index contributed by atoms with van der Waals surface area (Å²) in [5, 5.41) is 0. The van der Waals surface area contributed by atoms with E-state index >= 15 is 0 Å². The van der Waals surface area contributed by atoms with Gasteiger partial charge in [0.05, 0.1) is 6.17 Å². The standard InChI is InChI=1S/C6H12F2.C6H13F.C6H14O.C6H12.C5H12.CH4/c1-5(2)4-6(3,7)8;1-5(2)4-6(3)7;1-6(2)4-5-7-3;1-5(2)6-3-4-6;1-4-5(2)3;/h5H,4H2,1-3H3;5-6H,4H2,1-3H3;6H,4-5H2,1-3H3;5-6H,3-4H2,1-2H3;5H,4H2,1-3H3;1H4/i;;;;4D2;. The molecule has 1 rings (SSSR count). The molecule has 1 fully saturated rings. The molecule has 1 nitrogen and oxygen atoms in total. The van der Waals surface area contributed by atoms with Gasteiger partial charge in [-0.1, -0.05) is 90.0 Å². The zero-order valence-corrected chi connectivity index (χ0v) is 24.8. The van der Waals surface area contributed by atoms with Gasteiger partial charge in [-0.15, -0.1) is 0 Å². The Balaban J connectivity index is -0.000000111. The van der Waals surface area contributed by atoms with Crippen molar-refractivity contribution in [2.75, 3.05) is 13.7 Å². The highest BCUT2D eigenvalue weighted by Crippen LogP contribution is 2.35. The first-order chi connectivity index (χ1) is 15.6. The lowest BCUT2D eigenvalue weighted by Crippen LogP contribution is -2.12. The van der Waals surface area contributed by atoms with Crippen molar-refractivity contribution in [3.8, 4) is 0 Å². The third-order valence-corrected chi connectivity index (χ3v) is 4.60. The van der Waals surface area contributed by atoms with E-state index in [4.69, 9.17) is 7.48 Å². The molecule has 1 unspecified atom stereocenters. The minimum Gasteiger partial charge on any atom is -0.385 e. The van der Waals surface area contributed by atoms with Crippen molar-refractivity contribution in [1.29, 1.82) is 0 Å². The van der Waals surface area contributed by atoms with Gasteiger partial charge in [0.15, 0.2) is 0 Å². The summed E-state index contributed by atoms with van der Waals surface area (Å²) in [6.07, 6.45) is 3.23. The van der Waals surface area contributed by atoms with Gasteiger partial charge in [0.25, 0.3) is 0 Å². The van der Waals surface area contributed by atoms with Crippen molar-refractivity contribution >= 4 is 0 Å². The van der Waals surface area contributed by atoms with Gasteiger partial charge in [-0.3, -0.25) is 0 Å². The molecule has 0 radical (unpaired) electrons. The monoisotopic (exact) mass is 503 g/mol. The summed E-state index contributed by atoms with van der Waals surface area (Å²) in [5.74, 6) is 1.09. The van der Waals surface area contributed by atoms with Crippen LogP contribution in [-0.4, -0.2) is 25.8 Å². The lowest BCUT2D eigenvalue weighted by atomic mass is 10.1. The van der Waals surface area contributed by atoms with Crippen LogP contribution in [0.4, 0.5) is 13.2 Å². The zero-order valence-electron chi connectivity index (χ0n) is 26.8. The Bertz CT molecular complexity index is 417. The van der Waals surface area contributed by atoms with E-state index in [1.54, 1.807) is 34.8 Å². The molecule has 1 aliphatic rings. The Labute approximate surface area is 218 Å². The number of hydrogen-bond acceptors (Lipinski definition) is 1. The summed E-state index contributed by atoms with van der Waals surface area (Å²) in [6, 6.07) is 0. The van der Waals surface area contributed by atoms with Crippen molar-refractivity contribution < 1.29 is 20.6 Å². The smallest absolute Gasteiger partial charge is 0.245 e. The van der Waals surface area contributed by atoms with Crippen molar-refractivity contribution in [2.24, 2.45) is 35.5 Å². The van der Waals surface area contributed by atoms with Crippen LogP contribution in [0.25, 0.3) is 0 Å². The number of ether oxygens (including phenoxy) is 1. The van der Waals surface area contributed by atoms with E-state index in [1.165, 1.54) is 19.3 Å². The molecule has 0 amide bonds. The van der Waals surface area contributed by atoms with Crippen LogP contribution in [0.5, 0.6) is 0 Å². The molecule has 1 aliphatic carbocycles. The Morgan fingerprint density at radius 1 is 0.853 bits per heavy atom. The fraction of sp³-hybridized carbons (Fsp3) is 1.00. The number of methoxy groups -OCH3 is 1. The van der Waals surface area contributed by atoms with Gasteiger partial charge in [0.2, 0.25) is 5.92 Å². The van der Waals surface area contributed by atoms with Gasteiger partial charge in [-0.05, 0) is 75.0 Å². The summed E-state index contributed by atoms with van der Waals surface area (Å²) in [6.45, 7) is 25.4. The first kappa shape index (κ1) is 38.3. The summed E-state index contributed by atoms with van der Waals surface area (Å²) in [7, 11) is 1.74. The van der Waals surface area contributed by atoms with E-state index in [0.29, 0.717) is 12.3 Å².